The minimum absolute atomic E-state index is 0.0200. The molecule has 0 fully saturated rings. The molecule has 19 heavy (non-hydrogen) atoms. The Morgan fingerprint density at radius 1 is 1.42 bits per heavy atom. The maximum Gasteiger partial charge on any atom is 0.416 e. The van der Waals surface area contributed by atoms with E-state index in [9.17, 15) is 18.0 Å². The molecular formula is C12H13BrF3NO2. The number of hydrogen-bond donors (Lipinski definition) is 0. The molecule has 0 bridgehead atoms. The van der Waals surface area contributed by atoms with E-state index < -0.39 is 17.6 Å². The van der Waals surface area contributed by atoms with Crippen LogP contribution >= 0.6 is 15.9 Å². The summed E-state index contributed by atoms with van der Waals surface area (Å²) >= 11 is 3.09. The van der Waals surface area contributed by atoms with Gasteiger partial charge in [0.15, 0.2) is 0 Å². The maximum atomic E-state index is 12.6. The Bertz CT molecular complexity index is 463. The van der Waals surface area contributed by atoms with Gasteiger partial charge in [0.05, 0.1) is 17.7 Å². The number of halogens is 4. The second kappa shape index (κ2) is 6.38. The van der Waals surface area contributed by atoms with E-state index in [1.165, 1.54) is 25.1 Å². The summed E-state index contributed by atoms with van der Waals surface area (Å²) in [4.78, 5) is 13.3. The lowest BCUT2D eigenvalue weighted by molar-refractivity contribution is -0.137. The molecule has 0 aromatic heterocycles. The van der Waals surface area contributed by atoms with Crippen LogP contribution in [0.4, 0.5) is 13.2 Å². The molecule has 1 aromatic carbocycles. The van der Waals surface area contributed by atoms with Crippen molar-refractivity contribution >= 4 is 21.8 Å². The van der Waals surface area contributed by atoms with Gasteiger partial charge in [0.2, 0.25) is 0 Å². The average Bonchev–Trinajstić information content (AvgIpc) is 2.34. The molecule has 1 aromatic rings. The van der Waals surface area contributed by atoms with Crippen LogP contribution in [0.5, 0.6) is 0 Å². The Morgan fingerprint density at radius 2 is 2.05 bits per heavy atom. The quantitative estimate of drug-likeness (QED) is 0.843. The van der Waals surface area contributed by atoms with E-state index in [4.69, 9.17) is 4.74 Å². The molecule has 106 valence electrons. The Morgan fingerprint density at radius 3 is 2.58 bits per heavy atom. The van der Waals surface area contributed by atoms with Crippen LogP contribution in [0, 0.1) is 0 Å². The van der Waals surface area contributed by atoms with Gasteiger partial charge in [0.1, 0.15) is 0 Å². The number of likely N-dealkylation sites (N-methyl/N-ethyl adjacent to an activating group) is 1. The van der Waals surface area contributed by atoms with Crippen LogP contribution in [0.1, 0.15) is 15.9 Å². The summed E-state index contributed by atoms with van der Waals surface area (Å²) in [5.41, 5.74) is -0.868. The van der Waals surface area contributed by atoms with Crippen molar-refractivity contribution < 1.29 is 22.7 Å². The van der Waals surface area contributed by atoms with Crippen molar-refractivity contribution in [3.63, 3.8) is 0 Å². The number of alkyl halides is 3. The second-order valence-electron chi connectivity index (χ2n) is 3.91. The first-order valence-corrected chi connectivity index (χ1v) is 6.18. The number of hydrogen-bond acceptors (Lipinski definition) is 2. The van der Waals surface area contributed by atoms with E-state index >= 15 is 0 Å². The number of amides is 1. The van der Waals surface area contributed by atoms with E-state index in [0.29, 0.717) is 17.6 Å². The second-order valence-corrected chi connectivity index (χ2v) is 4.77. The number of nitrogens with zero attached hydrogens (tertiary/aromatic N) is 1. The molecule has 0 atom stereocenters. The molecule has 0 saturated carbocycles. The molecule has 0 N–H and O–H groups in total. The number of benzene rings is 1. The van der Waals surface area contributed by atoms with Gasteiger partial charge < -0.3 is 9.64 Å². The third kappa shape index (κ3) is 4.21. The highest BCUT2D eigenvalue weighted by molar-refractivity contribution is 9.10. The molecule has 0 heterocycles. The molecule has 0 spiro atoms. The molecule has 1 amide bonds. The predicted octanol–water partition coefficient (Wildman–Crippen LogP) is 3.19. The smallest absolute Gasteiger partial charge is 0.383 e. The van der Waals surface area contributed by atoms with Gasteiger partial charge in [-0.2, -0.15) is 13.2 Å². The topological polar surface area (TPSA) is 29.5 Å². The number of ether oxygens (including phenoxy) is 1. The minimum Gasteiger partial charge on any atom is -0.383 e. The largest absolute Gasteiger partial charge is 0.416 e. The predicted molar refractivity (Wildman–Crippen MR) is 68.0 cm³/mol. The highest BCUT2D eigenvalue weighted by atomic mass is 79.9. The van der Waals surface area contributed by atoms with Crippen molar-refractivity contribution in [2.45, 2.75) is 6.18 Å². The van der Waals surface area contributed by atoms with Crippen LogP contribution in [0.2, 0.25) is 0 Å². The van der Waals surface area contributed by atoms with E-state index in [1.54, 1.807) is 0 Å². The monoisotopic (exact) mass is 339 g/mol. The van der Waals surface area contributed by atoms with E-state index in [1.807, 2.05) is 0 Å². The van der Waals surface area contributed by atoms with Crippen LogP contribution in [-0.4, -0.2) is 38.1 Å². The third-order valence-corrected chi connectivity index (χ3v) is 3.19. The first-order valence-electron chi connectivity index (χ1n) is 5.38. The van der Waals surface area contributed by atoms with Crippen molar-refractivity contribution in [1.29, 1.82) is 0 Å². The lowest BCUT2D eigenvalue weighted by Gasteiger charge is -2.18. The summed E-state index contributed by atoms with van der Waals surface area (Å²) in [7, 11) is 2.99. The van der Waals surface area contributed by atoms with E-state index in [2.05, 4.69) is 15.9 Å². The standard InChI is InChI=1S/C12H13BrF3NO2/c1-17(5-6-19-2)11(18)9-7-8(12(14,15)16)3-4-10(9)13/h3-4,7H,5-6H2,1-2H3. The van der Waals surface area contributed by atoms with Crippen molar-refractivity contribution in [3.05, 3.63) is 33.8 Å². The molecular weight excluding hydrogens is 327 g/mol. The molecule has 0 aliphatic carbocycles. The summed E-state index contributed by atoms with van der Waals surface area (Å²) in [6, 6.07) is 2.99. The number of carbonyl (C=O) groups is 1. The number of rotatable bonds is 4. The Kier molecular flexibility index (Phi) is 5.37. The van der Waals surface area contributed by atoms with E-state index in [0.717, 1.165) is 12.1 Å². The van der Waals surface area contributed by atoms with Gasteiger partial charge in [-0.15, -0.1) is 0 Å². The molecule has 7 heteroatoms. The van der Waals surface area contributed by atoms with Gasteiger partial charge in [0, 0.05) is 25.2 Å². The normalized spacial score (nSPS) is 11.5. The summed E-state index contributed by atoms with van der Waals surface area (Å²) in [6.45, 7) is 0.622. The van der Waals surface area contributed by atoms with Gasteiger partial charge in [-0.3, -0.25) is 4.79 Å². The Labute approximate surface area is 117 Å². The van der Waals surface area contributed by atoms with Crippen molar-refractivity contribution in [3.8, 4) is 0 Å². The van der Waals surface area contributed by atoms with Crippen molar-refractivity contribution in [2.75, 3.05) is 27.3 Å². The summed E-state index contributed by atoms with van der Waals surface area (Å²) in [5.74, 6) is -0.491. The molecule has 0 aliphatic heterocycles. The summed E-state index contributed by atoms with van der Waals surface area (Å²) in [5, 5.41) is 0. The fourth-order valence-corrected chi connectivity index (χ4v) is 1.82. The van der Waals surface area contributed by atoms with Crippen LogP contribution < -0.4 is 0 Å². The van der Waals surface area contributed by atoms with Crippen LogP contribution in [0.15, 0.2) is 22.7 Å². The summed E-state index contributed by atoms with van der Waals surface area (Å²) in [6.07, 6.45) is -4.47. The van der Waals surface area contributed by atoms with Gasteiger partial charge in [-0.25, -0.2) is 0 Å². The fraction of sp³-hybridized carbons (Fsp3) is 0.417. The Balaban J connectivity index is 3.02. The average molecular weight is 340 g/mol. The first kappa shape index (κ1) is 16.0. The molecule has 0 saturated heterocycles. The third-order valence-electron chi connectivity index (χ3n) is 2.50. The lowest BCUT2D eigenvalue weighted by Crippen LogP contribution is -2.30. The SMILES string of the molecule is COCCN(C)C(=O)c1cc(C(F)(F)F)ccc1Br. The lowest BCUT2D eigenvalue weighted by atomic mass is 10.1. The van der Waals surface area contributed by atoms with Crippen LogP contribution in [0.25, 0.3) is 0 Å². The van der Waals surface area contributed by atoms with Crippen LogP contribution in [-0.2, 0) is 10.9 Å². The van der Waals surface area contributed by atoms with Crippen molar-refractivity contribution in [1.82, 2.24) is 4.90 Å². The van der Waals surface area contributed by atoms with E-state index in [-0.39, 0.29) is 5.56 Å². The van der Waals surface area contributed by atoms with Crippen LogP contribution in [0.3, 0.4) is 0 Å². The number of methoxy groups -OCH3 is 1. The van der Waals surface area contributed by atoms with Gasteiger partial charge in [0.25, 0.3) is 5.91 Å². The minimum atomic E-state index is -4.47. The highest BCUT2D eigenvalue weighted by Gasteiger charge is 2.31. The summed E-state index contributed by atoms with van der Waals surface area (Å²) < 4.78 is 43.0. The molecule has 3 nitrogen and oxygen atoms in total. The van der Waals surface area contributed by atoms with Crippen molar-refractivity contribution in [2.24, 2.45) is 0 Å². The fourth-order valence-electron chi connectivity index (χ4n) is 1.40. The zero-order valence-corrected chi connectivity index (χ0v) is 12.0. The first-order chi connectivity index (χ1) is 8.77. The Hall–Kier alpha value is -1.08. The highest BCUT2D eigenvalue weighted by Crippen LogP contribution is 2.32. The molecule has 1 rings (SSSR count). The number of carbonyl (C=O) groups excluding carboxylic acids is 1. The molecule has 0 aliphatic rings. The van der Waals surface area contributed by atoms with Gasteiger partial charge in [-0.1, -0.05) is 0 Å². The molecule has 0 unspecified atom stereocenters. The maximum absolute atomic E-state index is 12.6. The zero-order valence-electron chi connectivity index (χ0n) is 10.4. The molecule has 0 radical (unpaired) electrons. The van der Waals surface area contributed by atoms with Gasteiger partial charge in [-0.05, 0) is 34.1 Å². The zero-order chi connectivity index (χ0) is 14.6. The van der Waals surface area contributed by atoms with Gasteiger partial charge >= 0.3 is 6.18 Å².